The van der Waals surface area contributed by atoms with Crippen LogP contribution in [0.3, 0.4) is 0 Å². The second-order valence-electron chi connectivity index (χ2n) is 6.52. The number of esters is 1. The average molecular weight is 477 g/mol. The van der Waals surface area contributed by atoms with Gasteiger partial charge in [0.05, 0.1) is 22.9 Å². The van der Waals surface area contributed by atoms with Crippen molar-refractivity contribution >= 4 is 37.6 Å². The van der Waals surface area contributed by atoms with Crippen LogP contribution in [-0.4, -0.2) is 26.0 Å². The summed E-state index contributed by atoms with van der Waals surface area (Å²) in [5, 5.41) is 0. The summed E-state index contributed by atoms with van der Waals surface area (Å²) in [6.45, 7) is 5.56. The minimum Gasteiger partial charge on any atom is -0.462 e. The van der Waals surface area contributed by atoms with Crippen LogP contribution in [0.25, 0.3) is 11.3 Å². The molecule has 0 saturated carbocycles. The molecule has 2 N–H and O–H groups in total. The Morgan fingerprint density at radius 2 is 1.69 bits per heavy atom. The van der Waals surface area contributed by atoms with Crippen molar-refractivity contribution < 1.29 is 17.9 Å². The smallest absolute Gasteiger partial charge is 0.342 e. The number of aryl methyl sites for hydroxylation is 2. The largest absolute Gasteiger partial charge is 0.462 e. The lowest BCUT2D eigenvalue weighted by molar-refractivity contribution is 0.0527. The van der Waals surface area contributed by atoms with Gasteiger partial charge in [-0.25, -0.2) is 13.2 Å². The van der Waals surface area contributed by atoms with E-state index in [-0.39, 0.29) is 22.8 Å². The van der Waals surface area contributed by atoms with E-state index >= 15 is 0 Å². The summed E-state index contributed by atoms with van der Waals surface area (Å²) in [5.74, 6) is -0.590. The Hall–Kier alpha value is -2.58. The van der Waals surface area contributed by atoms with Gasteiger partial charge in [0.1, 0.15) is 5.56 Å². The maximum Gasteiger partial charge on any atom is 0.342 e. The van der Waals surface area contributed by atoms with E-state index in [0.29, 0.717) is 11.4 Å². The Bertz CT molecular complexity index is 1130. The van der Waals surface area contributed by atoms with E-state index in [0.717, 1.165) is 15.6 Å². The van der Waals surface area contributed by atoms with Crippen molar-refractivity contribution in [1.82, 2.24) is 4.98 Å². The summed E-state index contributed by atoms with van der Waals surface area (Å²) in [7, 11) is -3.92. The maximum atomic E-state index is 13.0. The highest BCUT2D eigenvalue weighted by atomic mass is 79.9. The standard InChI is InChI=1S/C21H21BrN2O4S/c1-4-28-21(25)18-14(3)23-19(15-7-5-13(2)6-8-15)20(18)24-29(26,27)17-11-9-16(22)10-12-17/h5-12,23-24H,4H2,1-3H3. The molecule has 0 aliphatic rings. The fraction of sp³-hybridized carbons (Fsp3) is 0.190. The molecule has 0 aliphatic carbocycles. The van der Waals surface area contributed by atoms with E-state index in [1.54, 1.807) is 26.0 Å². The number of H-pyrrole nitrogens is 1. The van der Waals surface area contributed by atoms with Crippen molar-refractivity contribution in [2.75, 3.05) is 11.3 Å². The predicted octanol–water partition coefficient (Wildman–Crippen LogP) is 5.04. The molecule has 0 spiro atoms. The molecule has 3 aromatic rings. The molecule has 0 unspecified atom stereocenters. The van der Waals surface area contributed by atoms with E-state index in [1.165, 1.54) is 12.1 Å². The highest BCUT2D eigenvalue weighted by molar-refractivity contribution is 9.10. The molecule has 0 aliphatic heterocycles. The number of hydrogen-bond acceptors (Lipinski definition) is 4. The van der Waals surface area contributed by atoms with Gasteiger partial charge < -0.3 is 9.72 Å². The Balaban J connectivity index is 2.15. The normalized spacial score (nSPS) is 11.3. The molecule has 2 aromatic carbocycles. The average Bonchev–Trinajstić information content (AvgIpc) is 2.98. The number of carbonyl (C=O) groups excluding carboxylic acids is 1. The number of aromatic amines is 1. The molecule has 0 fully saturated rings. The first-order valence-electron chi connectivity index (χ1n) is 8.98. The molecule has 6 nitrogen and oxygen atoms in total. The van der Waals surface area contributed by atoms with Crippen LogP contribution in [0.15, 0.2) is 57.9 Å². The zero-order valence-corrected chi connectivity index (χ0v) is 18.6. The monoisotopic (exact) mass is 476 g/mol. The van der Waals surface area contributed by atoms with Gasteiger partial charge in [-0.2, -0.15) is 0 Å². The van der Waals surface area contributed by atoms with Crippen LogP contribution in [0, 0.1) is 13.8 Å². The lowest BCUT2D eigenvalue weighted by Gasteiger charge is -2.12. The third-order valence-electron chi connectivity index (χ3n) is 4.37. The van der Waals surface area contributed by atoms with E-state index in [2.05, 4.69) is 25.6 Å². The Morgan fingerprint density at radius 1 is 1.07 bits per heavy atom. The number of rotatable bonds is 6. The number of anilines is 1. The van der Waals surface area contributed by atoms with Crippen LogP contribution in [-0.2, 0) is 14.8 Å². The first kappa shape index (κ1) is 21.1. The molecular weight excluding hydrogens is 456 g/mol. The zero-order valence-electron chi connectivity index (χ0n) is 16.2. The number of hydrogen-bond donors (Lipinski definition) is 2. The number of carbonyl (C=O) groups is 1. The van der Waals surface area contributed by atoms with Crippen molar-refractivity contribution in [3.05, 3.63) is 69.8 Å². The van der Waals surface area contributed by atoms with Gasteiger partial charge in [-0.15, -0.1) is 0 Å². The molecule has 8 heteroatoms. The fourth-order valence-corrected chi connectivity index (χ4v) is 4.28. The number of ether oxygens (including phenoxy) is 1. The van der Waals surface area contributed by atoms with E-state index in [9.17, 15) is 13.2 Å². The van der Waals surface area contributed by atoms with Crippen LogP contribution in [0.4, 0.5) is 5.69 Å². The Labute approximate surface area is 178 Å². The third kappa shape index (κ3) is 4.54. The molecule has 0 amide bonds. The first-order chi connectivity index (χ1) is 13.7. The quantitative estimate of drug-likeness (QED) is 0.487. The molecular formula is C21H21BrN2O4S. The predicted molar refractivity (Wildman–Crippen MR) is 117 cm³/mol. The van der Waals surface area contributed by atoms with Gasteiger partial charge >= 0.3 is 5.97 Å². The van der Waals surface area contributed by atoms with Crippen LogP contribution in [0.5, 0.6) is 0 Å². The Morgan fingerprint density at radius 3 is 2.28 bits per heavy atom. The van der Waals surface area contributed by atoms with E-state index in [4.69, 9.17) is 4.74 Å². The van der Waals surface area contributed by atoms with Crippen LogP contribution in [0.1, 0.15) is 28.5 Å². The van der Waals surface area contributed by atoms with Crippen molar-refractivity contribution in [2.45, 2.75) is 25.7 Å². The molecule has 1 aromatic heterocycles. The number of nitrogens with one attached hydrogen (secondary N) is 2. The molecule has 152 valence electrons. The van der Waals surface area contributed by atoms with Crippen molar-refractivity contribution in [2.24, 2.45) is 0 Å². The third-order valence-corrected chi connectivity index (χ3v) is 6.26. The molecule has 0 radical (unpaired) electrons. The number of sulfonamides is 1. The summed E-state index contributed by atoms with van der Waals surface area (Å²) < 4.78 is 34.5. The summed E-state index contributed by atoms with van der Waals surface area (Å²) in [6, 6.07) is 13.8. The van der Waals surface area contributed by atoms with Gasteiger partial charge in [-0.1, -0.05) is 45.8 Å². The van der Waals surface area contributed by atoms with E-state index < -0.39 is 16.0 Å². The number of aromatic nitrogens is 1. The zero-order chi connectivity index (χ0) is 21.2. The van der Waals surface area contributed by atoms with Gasteiger partial charge in [0.2, 0.25) is 0 Å². The van der Waals surface area contributed by atoms with E-state index in [1.807, 2.05) is 31.2 Å². The van der Waals surface area contributed by atoms with Crippen molar-refractivity contribution in [3.8, 4) is 11.3 Å². The maximum absolute atomic E-state index is 13.0. The van der Waals surface area contributed by atoms with Crippen LogP contribution >= 0.6 is 15.9 Å². The summed E-state index contributed by atoms with van der Waals surface area (Å²) >= 11 is 3.30. The summed E-state index contributed by atoms with van der Waals surface area (Å²) in [4.78, 5) is 15.8. The van der Waals surface area contributed by atoms with Crippen LogP contribution < -0.4 is 4.72 Å². The second kappa shape index (κ2) is 8.42. The van der Waals surface area contributed by atoms with Crippen LogP contribution in [0.2, 0.25) is 0 Å². The minimum absolute atomic E-state index is 0.0872. The van der Waals surface area contributed by atoms with Gasteiger partial charge in [0, 0.05) is 15.7 Å². The van der Waals surface area contributed by atoms with Gasteiger partial charge in [0.15, 0.2) is 0 Å². The van der Waals surface area contributed by atoms with Gasteiger partial charge in [0.25, 0.3) is 10.0 Å². The lowest BCUT2D eigenvalue weighted by Crippen LogP contribution is -2.16. The molecule has 0 bridgehead atoms. The molecule has 3 rings (SSSR count). The van der Waals surface area contributed by atoms with Gasteiger partial charge in [-0.05, 0) is 45.0 Å². The lowest BCUT2D eigenvalue weighted by atomic mass is 10.1. The minimum atomic E-state index is -3.92. The topological polar surface area (TPSA) is 88.3 Å². The van der Waals surface area contributed by atoms with Crippen molar-refractivity contribution in [1.29, 1.82) is 0 Å². The fourth-order valence-electron chi connectivity index (χ4n) is 2.93. The molecule has 0 saturated heterocycles. The highest BCUT2D eigenvalue weighted by Gasteiger charge is 2.27. The second-order valence-corrected chi connectivity index (χ2v) is 9.12. The highest BCUT2D eigenvalue weighted by Crippen LogP contribution is 2.35. The Kier molecular flexibility index (Phi) is 6.14. The molecule has 1 heterocycles. The van der Waals surface area contributed by atoms with Crippen molar-refractivity contribution in [3.63, 3.8) is 0 Å². The van der Waals surface area contributed by atoms with Gasteiger partial charge in [-0.3, -0.25) is 4.72 Å². The molecule has 29 heavy (non-hydrogen) atoms. The summed E-state index contributed by atoms with van der Waals surface area (Å²) in [5.41, 5.74) is 3.19. The first-order valence-corrected chi connectivity index (χ1v) is 11.3. The SMILES string of the molecule is CCOC(=O)c1c(C)[nH]c(-c2ccc(C)cc2)c1NS(=O)(=O)c1ccc(Br)cc1. The molecule has 0 atom stereocenters. The number of benzene rings is 2. The number of halogens is 1. The summed E-state index contributed by atoms with van der Waals surface area (Å²) in [6.07, 6.45) is 0.